The number of amides is 1. The highest BCUT2D eigenvalue weighted by molar-refractivity contribution is 7.09. The zero-order valence-corrected chi connectivity index (χ0v) is 16.1. The number of halogens is 1. The highest BCUT2D eigenvalue weighted by Crippen LogP contribution is 2.33. The van der Waals surface area contributed by atoms with Gasteiger partial charge in [-0.3, -0.25) is 4.79 Å². The molecule has 0 bridgehead atoms. The normalized spacial score (nSPS) is 19.8. The van der Waals surface area contributed by atoms with Gasteiger partial charge in [0, 0.05) is 43.6 Å². The summed E-state index contributed by atoms with van der Waals surface area (Å²) >= 11 is 1.49. The van der Waals surface area contributed by atoms with E-state index >= 15 is 0 Å². The van der Waals surface area contributed by atoms with Crippen LogP contribution in [0.3, 0.4) is 0 Å². The Kier molecular flexibility index (Phi) is 5.52. The molecule has 0 aliphatic carbocycles. The fraction of sp³-hybridized carbons (Fsp3) is 0.500. The van der Waals surface area contributed by atoms with Crippen LogP contribution in [0.1, 0.15) is 40.3 Å². The van der Waals surface area contributed by atoms with Gasteiger partial charge in [0.25, 0.3) is 5.91 Å². The van der Waals surface area contributed by atoms with Gasteiger partial charge in [-0.25, -0.2) is 9.37 Å². The van der Waals surface area contributed by atoms with Crippen LogP contribution in [0.25, 0.3) is 0 Å². The van der Waals surface area contributed by atoms with Gasteiger partial charge in [-0.1, -0.05) is 12.1 Å². The first-order chi connectivity index (χ1) is 13.2. The number of nitrogens with zero attached hydrogens (tertiary/aromatic N) is 2. The third-order valence-electron chi connectivity index (χ3n) is 5.56. The Morgan fingerprint density at radius 1 is 1.22 bits per heavy atom. The largest absolute Gasteiger partial charge is 0.381 e. The molecule has 27 heavy (non-hydrogen) atoms. The molecule has 2 fully saturated rings. The monoisotopic (exact) mass is 389 g/mol. The summed E-state index contributed by atoms with van der Waals surface area (Å²) < 4.78 is 18.6. The second kappa shape index (κ2) is 8.04. The first-order valence-electron chi connectivity index (χ1n) is 9.46. The molecule has 1 spiro atoms. The first-order valence-corrected chi connectivity index (χ1v) is 10.3. The maximum absolute atomic E-state index is 13.3. The van der Waals surface area contributed by atoms with Gasteiger partial charge in [0.05, 0.1) is 5.01 Å². The van der Waals surface area contributed by atoms with Crippen LogP contribution in [-0.2, 0) is 11.2 Å². The molecule has 3 heterocycles. The molecule has 4 rings (SSSR count). The lowest BCUT2D eigenvalue weighted by atomic mass is 9.84. The molecule has 1 amide bonds. The van der Waals surface area contributed by atoms with Crippen LogP contribution in [0.4, 0.5) is 4.39 Å². The predicted molar refractivity (Wildman–Crippen MR) is 103 cm³/mol. The number of carbonyl (C=O) groups excluding carboxylic acids is 1. The molecule has 1 aromatic heterocycles. The number of ether oxygens (including phenoxy) is 1. The van der Waals surface area contributed by atoms with Crippen LogP contribution >= 0.6 is 11.3 Å². The van der Waals surface area contributed by atoms with E-state index in [-0.39, 0.29) is 17.3 Å². The molecule has 0 unspecified atom stereocenters. The van der Waals surface area contributed by atoms with Crippen molar-refractivity contribution in [3.63, 3.8) is 0 Å². The van der Waals surface area contributed by atoms with E-state index in [1.54, 1.807) is 12.1 Å². The fourth-order valence-electron chi connectivity index (χ4n) is 4.00. The Bertz CT molecular complexity index is 787. The summed E-state index contributed by atoms with van der Waals surface area (Å²) in [6, 6.07) is 6.42. The summed E-state index contributed by atoms with van der Waals surface area (Å²) in [7, 11) is 0. The minimum Gasteiger partial charge on any atom is -0.381 e. The van der Waals surface area contributed by atoms with Gasteiger partial charge in [-0.2, -0.15) is 0 Å². The van der Waals surface area contributed by atoms with Crippen molar-refractivity contribution in [2.45, 2.75) is 31.2 Å². The second-order valence-electron chi connectivity index (χ2n) is 7.22. The molecular formula is C20H24FN3O2S. The van der Waals surface area contributed by atoms with Crippen molar-refractivity contribution in [1.82, 2.24) is 15.2 Å². The Hall–Kier alpha value is -1.83. The van der Waals surface area contributed by atoms with Crippen LogP contribution < -0.4 is 5.32 Å². The average Bonchev–Trinajstić information content (AvgIpc) is 3.06. The number of benzene rings is 1. The molecule has 2 saturated heterocycles. The van der Waals surface area contributed by atoms with Crippen LogP contribution in [-0.4, -0.2) is 54.2 Å². The SMILES string of the molecule is O=C(c1csc(Cc2ccc(F)cc2)n1)N1CCNCCC12CCOCC2. The standard InChI is InChI=1S/C20H24FN3O2S/c21-16-3-1-15(2-4-16)13-18-23-17(14-27-18)19(25)24-10-9-22-8-5-20(24)6-11-26-12-7-20/h1-4,14,22H,5-13H2. The number of hydrogen-bond donors (Lipinski definition) is 1. The van der Waals surface area contributed by atoms with Gasteiger partial charge in [-0.05, 0) is 43.5 Å². The minimum atomic E-state index is -0.245. The molecule has 2 aliphatic heterocycles. The maximum atomic E-state index is 13.3. The predicted octanol–water partition coefficient (Wildman–Crippen LogP) is 2.86. The van der Waals surface area contributed by atoms with E-state index in [4.69, 9.17) is 4.74 Å². The maximum Gasteiger partial charge on any atom is 0.273 e. The third kappa shape index (κ3) is 4.05. The van der Waals surface area contributed by atoms with E-state index in [1.807, 2.05) is 10.3 Å². The van der Waals surface area contributed by atoms with Crippen molar-refractivity contribution in [2.24, 2.45) is 0 Å². The zero-order valence-electron chi connectivity index (χ0n) is 15.2. The van der Waals surface area contributed by atoms with Crippen molar-refractivity contribution in [3.8, 4) is 0 Å². The molecule has 5 nitrogen and oxygen atoms in total. The minimum absolute atomic E-state index is 0.0159. The van der Waals surface area contributed by atoms with Gasteiger partial charge in [-0.15, -0.1) is 11.3 Å². The first kappa shape index (κ1) is 18.5. The van der Waals surface area contributed by atoms with Crippen molar-refractivity contribution < 1.29 is 13.9 Å². The van der Waals surface area contributed by atoms with E-state index < -0.39 is 0 Å². The van der Waals surface area contributed by atoms with Crippen molar-refractivity contribution in [2.75, 3.05) is 32.8 Å². The van der Waals surface area contributed by atoms with Crippen LogP contribution in [0.15, 0.2) is 29.6 Å². The van der Waals surface area contributed by atoms with Crippen molar-refractivity contribution in [3.05, 3.63) is 51.7 Å². The smallest absolute Gasteiger partial charge is 0.273 e. The van der Waals surface area contributed by atoms with E-state index in [1.165, 1.54) is 23.5 Å². The highest BCUT2D eigenvalue weighted by Gasteiger charge is 2.42. The van der Waals surface area contributed by atoms with Gasteiger partial charge >= 0.3 is 0 Å². The molecule has 2 aromatic rings. The number of rotatable bonds is 3. The van der Waals surface area contributed by atoms with Gasteiger partial charge in [0.15, 0.2) is 0 Å². The molecule has 1 N–H and O–H groups in total. The Morgan fingerprint density at radius 3 is 2.78 bits per heavy atom. The third-order valence-corrected chi connectivity index (χ3v) is 6.41. The van der Waals surface area contributed by atoms with E-state index in [0.717, 1.165) is 42.9 Å². The van der Waals surface area contributed by atoms with Gasteiger partial charge in [0.1, 0.15) is 11.5 Å². The summed E-state index contributed by atoms with van der Waals surface area (Å²) in [6.07, 6.45) is 3.33. The average molecular weight is 389 g/mol. The number of nitrogens with one attached hydrogen (secondary N) is 1. The second-order valence-corrected chi connectivity index (χ2v) is 8.17. The summed E-state index contributed by atoms with van der Waals surface area (Å²) in [5.41, 5.74) is 1.38. The highest BCUT2D eigenvalue weighted by atomic mass is 32.1. The van der Waals surface area contributed by atoms with Gasteiger partial charge < -0.3 is 15.0 Å². The number of carbonyl (C=O) groups is 1. The number of thiazole rings is 1. The summed E-state index contributed by atoms with van der Waals surface area (Å²) in [4.78, 5) is 19.9. The lowest BCUT2D eigenvalue weighted by Gasteiger charge is -2.45. The molecule has 0 radical (unpaired) electrons. The van der Waals surface area contributed by atoms with E-state index in [0.29, 0.717) is 31.9 Å². The molecule has 144 valence electrons. The molecule has 7 heteroatoms. The quantitative estimate of drug-likeness (QED) is 0.877. The Morgan fingerprint density at radius 2 is 2.00 bits per heavy atom. The summed E-state index contributed by atoms with van der Waals surface area (Å²) in [5.74, 6) is -0.229. The number of aromatic nitrogens is 1. The van der Waals surface area contributed by atoms with Crippen LogP contribution in [0, 0.1) is 5.82 Å². The van der Waals surface area contributed by atoms with E-state index in [9.17, 15) is 9.18 Å². The lowest BCUT2D eigenvalue weighted by Crippen LogP contribution is -2.55. The fourth-order valence-corrected chi connectivity index (χ4v) is 4.80. The van der Waals surface area contributed by atoms with Crippen molar-refractivity contribution >= 4 is 17.2 Å². The van der Waals surface area contributed by atoms with Crippen LogP contribution in [0.5, 0.6) is 0 Å². The topological polar surface area (TPSA) is 54.5 Å². The molecule has 1 aromatic carbocycles. The molecule has 0 saturated carbocycles. The van der Waals surface area contributed by atoms with Gasteiger partial charge in [0.2, 0.25) is 0 Å². The zero-order chi connectivity index (χ0) is 18.7. The molecule has 2 aliphatic rings. The van der Waals surface area contributed by atoms with Crippen molar-refractivity contribution in [1.29, 1.82) is 0 Å². The molecular weight excluding hydrogens is 365 g/mol. The molecule has 0 atom stereocenters. The van der Waals surface area contributed by atoms with Crippen LogP contribution in [0.2, 0.25) is 0 Å². The lowest BCUT2D eigenvalue weighted by molar-refractivity contribution is -0.0185. The number of hydrogen-bond acceptors (Lipinski definition) is 5. The Labute approximate surface area is 162 Å². The van der Waals surface area contributed by atoms with E-state index in [2.05, 4.69) is 10.3 Å². The summed E-state index contributed by atoms with van der Waals surface area (Å²) in [5, 5.41) is 6.14. The Balaban J connectivity index is 1.52. The summed E-state index contributed by atoms with van der Waals surface area (Å²) in [6.45, 7) is 3.84.